The van der Waals surface area contributed by atoms with E-state index in [9.17, 15) is 9.59 Å². The van der Waals surface area contributed by atoms with Crippen molar-refractivity contribution in [1.82, 2.24) is 20.0 Å². The van der Waals surface area contributed by atoms with Gasteiger partial charge in [0.2, 0.25) is 0 Å². The van der Waals surface area contributed by atoms with Crippen molar-refractivity contribution in [2.75, 3.05) is 73.2 Å². The fourth-order valence-electron chi connectivity index (χ4n) is 4.50. The summed E-state index contributed by atoms with van der Waals surface area (Å²) in [5.41, 5.74) is 2.24. The highest BCUT2D eigenvalue weighted by atomic mass is 16.5. The fourth-order valence-corrected chi connectivity index (χ4v) is 4.50. The maximum Gasteiger partial charge on any atom is 0.257 e. The first-order chi connectivity index (χ1) is 16.6. The number of hydrogen-bond donors (Lipinski definition) is 1. The Balaban J connectivity index is 1.44. The highest BCUT2D eigenvalue weighted by Gasteiger charge is 2.30. The second-order valence-electron chi connectivity index (χ2n) is 8.75. The minimum atomic E-state index is -0.114. The Morgan fingerprint density at radius 1 is 1.06 bits per heavy atom. The minimum absolute atomic E-state index is 0.0108. The molecule has 2 aliphatic heterocycles. The van der Waals surface area contributed by atoms with Gasteiger partial charge in [-0.1, -0.05) is 24.3 Å². The normalized spacial score (nSPS) is 19.6. The number of hydrogen-bond acceptors (Lipinski definition) is 6. The molecule has 0 aliphatic carbocycles. The van der Waals surface area contributed by atoms with E-state index in [1.54, 1.807) is 13.1 Å². The number of benzene rings is 2. The molecular weight excluding hydrogens is 432 g/mol. The molecule has 2 heterocycles. The minimum Gasteiger partial charge on any atom is -0.491 e. The van der Waals surface area contributed by atoms with Gasteiger partial charge in [0, 0.05) is 51.9 Å². The number of piperazine rings is 1. The second kappa shape index (κ2) is 11.5. The van der Waals surface area contributed by atoms with Gasteiger partial charge in [0.1, 0.15) is 12.4 Å². The zero-order chi connectivity index (χ0) is 23.9. The Morgan fingerprint density at radius 2 is 1.85 bits per heavy atom. The predicted octanol–water partition coefficient (Wildman–Crippen LogP) is 1.89. The average molecular weight is 467 g/mol. The van der Waals surface area contributed by atoms with Crippen LogP contribution in [0.4, 0.5) is 0 Å². The molecule has 2 aromatic rings. The van der Waals surface area contributed by atoms with Crippen LogP contribution >= 0.6 is 0 Å². The monoisotopic (exact) mass is 466 g/mol. The number of para-hydroxylation sites is 1. The van der Waals surface area contributed by atoms with Crippen LogP contribution in [0.2, 0.25) is 0 Å². The standard InChI is InChI=1S/C26H34N4O4/c1-27-25(31)21-7-5-6-20(18-21)23-19-30(11-10-28(23)2)26(32)22-8-3-4-9-24(22)34-17-14-29-12-15-33-16-13-29/h3-9,18,23H,10-17,19H2,1-2H3,(H,27,31). The predicted molar refractivity (Wildman–Crippen MR) is 130 cm³/mol. The summed E-state index contributed by atoms with van der Waals surface area (Å²) < 4.78 is 11.5. The molecule has 0 bridgehead atoms. The summed E-state index contributed by atoms with van der Waals surface area (Å²) in [5, 5.41) is 2.67. The molecule has 2 fully saturated rings. The van der Waals surface area contributed by atoms with Crippen LogP contribution < -0.4 is 10.1 Å². The van der Waals surface area contributed by atoms with E-state index in [1.807, 2.05) is 47.4 Å². The summed E-state index contributed by atoms with van der Waals surface area (Å²) in [6.07, 6.45) is 0. The molecule has 2 saturated heterocycles. The highest BCUT2D eigenvalue weighted by Crippen LogP contribution is 2.27. The van der Waals surface area contributed by atoms with Gasteiger partial charge in [0.05, 0.1) is 24.8 Å². The Kier molecular flexibility index (Phi) is 8.16. The zero-order valence-corrected chi connectivity index (χ0v) is 20.0. The molecule has 1 unspecified atom stereocenters. The van der Waals surface area contributed by atoms with Gasteiger partial charge in [-0.3, -0.25) is 19.4 Å². The largest absolute Gasteiger partial charge is 0.491 e. The average Bonchev–Trinajstić information content (AvgIpc) is 2.89. The smallest absolute Gasteiger partial charge is 0.257 e. The molecule has 8 heteroatoms. The lowest BCUT2D eigenvalue weighted by molar-refractivity contribution is 0.0321. The molecule has 2 aromatic carbocycles. The maximum absolute atomic E-state index is 13.5. The molecule has 2 amide bonds. The first kappa shape index (κ1) is 24.2. The van der Waals surface area contributed by atoms with Crippen LogP contribution in [0, 0.1) is 0 Å². The topological polar surface area (TPSA) is 74.3 Å². The third kappa shape index (κ3) is 5.75. The van der Waals surface area contributed by atoms with Crippen LogP contribution in [-0.2, 0) is 4.74 Å². The zero-order valence-electron chi connectivity index (χ0n) is 20.0. The van der Waals surface area contributed by atoms with E-state index in [1.165, 1.54) is 0 Å². The van der Waals surface area contributed by atoms with Crippen LogP contribution in [0.1, 0.15) is 32.3 Å². The van der Waals surface area contributed by atoms with Crippen LogP contribution in [0.25, 0.3) is 0 Å². The third-order valence-corrected chi connectivity index (χ3v) is 6.58. The quantitative estimate of drug-likeness (QED) is 0.672. The van der Waals surface area contributed by atoms with E-state index in [0.29, 0.717) is 36.6 Å². The second-order valence-corrected chi connectivity index (χ2v) is 8.75. The van der Waals surface area contributed by atoms with Crippen molar-refractivity contribution in [3.8, 4) is 5.75 Å². The van der Waals surface area contributed by atoms with Gasteiger partial charge in [-0.25, -0.2) is 0 Å². The molecular formula is C26H34N4O4. The lowest BCUT2D eigenvalue weighted by Gasteiger charge is -2.40. The van der Waals surface area contributed by atoms with Gasteiger partial charge in [-0.15, -0.1) is 0 Å². The van der Waals surface area contributed by atoms with Crippen LogP contribution in [0.3, 0.4) is 0 Å². The van der Waals surface area contributed by atoms with Gasteiger partial charge < -0.3 is 19.7 Å². The van der Waals surface area contributed by atoms with E-state index < -0.39 is 0 Å². The SMILES string of the molecule is CNC(=O)c1cccc(C2CN(C(=O)c3ccccc3OCCN3CCOCC3)CCN2C)c1. The van der Waals surface area contributed by atoms with E-state index in [2.05, 4.69) is 22.2 Å². The van der Waals surface area contributed by atoms with Crippen molar-refractivity contribution in [3.05, 3.63) is 65.2 Å². The summed E-state index contributed by atoms with van der Waals surface area (Å²) in [7, 11) is 3.68. The molecule has 0 spiro atoms. The molecule has 1 atom stereocenters. The molecule has 34 heavy (non-hydrogen) atoms. The number of carbonyl (C=O) groups is 2. The van der Waals surface area contributed by atoms with Crippen molar-refractivity contribution in [3.63, 3.8) is 0 Å². The van der Waals surface area contributed by atoms with Gasteiger partial charge in [0.25, 0.3) is 11.8 Å². The van der Waals surface area contributed by atoms with E-state index in [4.69, 9.17) is 9.47 Å². The first-order valence-corrected chi connectivity index (χ1v) is 11.9. The van der Waals surface area contributed by atoms with Gasteiger partial charge in [-0.2, -0.15) is 0 Å². The van der Waals surface area contributed by atoms with Gasteiger partial charge in [0.15, 0.2) is 0 Å². The maximum atomic E-state index is 13.5. The summed E-state index contributed by atoms with van der Waals surface area (Å²) >= 11 is 0. The lowest BCUT2D eigenvalue weighted by Crippen LogP contribution is -2.49. The molecule has 0 saturated carbocycles. The molecule has 182 valence electrons. The number of nitrogens with one attached hydrogen (secondary N) is 1. The van der Waals surface area contributed by atoms with Gasteiger partial charge >= 0.3 is 0 Å². The molecule has 2 aliphatic rings. The molecule has 1 N–H and O–H groups in total. The van der Waals surface area contributed by atoms with Crippen LogP contribution in [0.15, 0.2) is 48.5 Å². The molecule has 8 nitrogen and oxygen atoms in total. The lowest BCUT2D eigenvalue weighted by atomic mass is 9.99. The van der Waals surface area contributed by atoms with Gasteiger partial charge in [-0.05, 0) is 36.9 Å². The van der Waals surface area contributed by atoms with E-state index in [-0.39, 0.29) is 17.9 Å². The van der Waals surface area contributed by atoms with E-state index in [0.717, 1.165) is 45.0 Å². The molecule has 0 aromatic heterocycles. The molecule has 4 rings (SSSR count). The van der Waals surface area contributed by atoms with Crippen molar-refractivity contribution in [2.45, 2.75) is 6.04 Å². The van der Waals surface area contributed by atoms with E-state index >= 15 is 0 Å². The van der Waals surface area contributed by atoms with Crippen LogP contribution in [0.5, 0.6) is 5.75 Å². The number of nitrogens with zero attached hydrogens (tertiary/aromatic N) is 3. The Hall–Kier alpha value is -2.94. The number of morpholine rings is 1. The Morgan fingerprint density at radius 3 is 2.65 bits per heavy atom. The fraction of sp³-hybridized carbons (Fsp3) is 0.462. The summed E-state index contributed by atoms with van der Waals surface area (Å²) in [6, 6.07) is 15.1. The number of likely N-dealkylation sites (N-methyl/N-ethyl adjacent to an activating group) is 1. The number of ether oxygens (including phenoxy) is 2. The first-order valence-electron chi connectivity index (χ1n) is 11.9. The van der Waals surface area contributed by atoms with Crippen molar-refractivity contribution < 1.29 is 19.1 Å². The van der Waals surface area contributed by atoms with Crippen LogP contribution in [-0.4, -0.2) is 99.7 Å². The molecule has 0 radical (unpaired) electrons. The Bertz CT molecular complexity index is 992. The van der Waals surface area contributed by atoms with Crippen molar-refractivity contribution in [2.24, 2.45) is 0 Å². The van der Waals surface area contributed by atoms with Crippen molar-refractivity contribution in [1.29, 1.82) is 0 Å². The number of carbonyl (C=O) groups excluding carboxylic acids is 2. The Labute approximate surface area is 201 Å². The number of rotatable bonds is 7. The summed E-state index contributed by atoms with van der Waals surface area (Å²) in [4.78, 5) is 32.1. The summed E-state index contributed by atoms with van der Waals surface area (Å²) in [5.74, 6) is 0.483. The third-order valence-electron chi connectivity index (χ3n) is 6.58. The van der Waals surface area contributed by atoms with Crippen molar-refractivity contribution >= 4 is 11.8 Å². The summed E-state index contributed by atoms with van der Waals surface area (Å²) in [6.45, 7) is 6.61. The highest BCUT2D eigenvalue weighted by molar-refractivity contribution is 5.97. The number of amides is 2.